The number of rotatable bonds is 8. The zero-order valence-electron chi connectivity index (χ0n) is 19.9. The van der Waals surface area contributed by atoms with Crippen molar-refractivity contribution in [3.63, 3.8) is 0 Å². The summed E-state index contributed by atoms with van der Waals surface area (Å²) in [6.07, 6.45) is 4.63. The number of amides is 1. The zero-order valence-corrected chi connectivity index (χ0v) is 20.7. The van der Waals surface area contributed by atoms with Gasteiger partial charge in [0, 0.05) is 31.0 Å². The lowest BCUT2D eigenvalue weighted by Gasteiger charge is -2.31. The molecule has 1 saturated heterocycles. The number of carbonyl (C=O) groups excluding carboxylic acids is 1. The van der Waals surface area contributed by atoms with Gasteiger partial charge in [-0.05, 0) is 74.6 Å². The van der Waals surface area contributed by atoms with E-state index < -0.39 is 10.0 Å². The number of benzene rings is 2. The minimum Gasteiger partial charge on any atom is -0.497 e. The number of hydrogen-bond acceptors (Lipinski definition) is 6. The summed E-state index contributed by atoms with van der Waals surface area (Å²) in [5.74, 6) is 0.918. The normalized spacial score (nSPS) is 16.6. The number of piperidine rings is 1. The fraction of sp³-hybridized carbons (Fsp3) is 0.480. The molecule has 1 fully saturated rings. The van der Waals surface area contributed by atoms with Crippen LogP contribution in [0.3, 0.4) is 0 Å². The van der Waals surface area contributed by atoms with Crippen molar-refractivity contribution in [3.05, 3.63) is 42.0 Å². The monoisotopic (exact) mass is 487 g/mol. The van der Waals surface area contributed by atoms with Crippen LogP contribution in [0.5, 0.6) is 11.5 Å². The molecule has 4 rings (SSSR count). The van der Waals surface area contributed by atoms with Crippen LogP contribution in [0.1, 0.15) is 38.2 Å². The molecule has 0 atom stereocenters. The second kappa shape index (κ2) is 10.7. The average molecular weight is 488 g/mol. The molecule has 0 bridgehead atoms. The Morgan fingerprint density at radius 2 is 1.82 bits per heavy atom. The van der Waals surface area contributed by atoms with Crippen LogP contribution >= 0.6 is 0 Å². The molecule has 0 unspecified atom stereocenters. The van der Waals surface area contributed by atoms with Gasteiger partial charge in [0.1, 0.15) is 16.4 Å². The first-order valence-electron chi connectivity index (χ1n) is 11.9. The topological polar surface area (TPSA) is 88.2 Å². The van der Waals surface area contributed by atoms with Gasteiger partial charge in [-0.25, -0.2) is 8.42 Å². The molecule has 2 aromatic rings. The van der Waals surface area contributed by atoms with Gasteiger partial charge in [0.2, 0.25) is 15.9 Å². The number of anilines is 2. The van der Waals surface area contributed by atoms with Gasteiger partial charge in [0.25, 0.3) is 0 Å². The lowest BCUT2D eigenvalue weighted by atomic mass is 10.0. The Morgan fingerprint density at radius 3 is 2.56 bits per heavy atom. The third-order valence-corrected chi connectivity index (χ3v) is 8.22. The molecule has 0 radical (unpaired) electrons. The van der Waals surface area contributed by atoms with Crippen LogP contribution in [0.2, 0.25) is 0 Å². The van der Waals surface area contributed by atoms with Crippen molar-refractivity contribution in [2.24, 2.45) is 0 Å². The molecule has 1 amide bonds. The van der Waals surface area contributed by atoms with Crippen LogP contribution in [0.25, 0.3) is 0 Å². The van der Waals surface area contributed by atoms with E-state index in [9.17, 15) is 13.2 Å². The highest BCUT2D eigenvalue weighted by Crippen LogP contribution is 2.32. The van der Waals surface area contributed by atoms with Crippen LogP contribution in [-0.2, 0) is 21.2 Å². The maximum absolute atomic E-state index is 13.3. The Kier molecular flexibility index (Phi) is 7.63. The smallest absolute Gasteiger partial charge is 0.246 e. The Labute approximate surface area is 201 Å². The molecular weight excluding hydrogens is 454 g/mol. The molecule has 1 N–H and O–H groups in total. The summed E-state index contributed by atoms with van der Waals surface area (Å²) in [5, 5.41) is 2.88. The van der Waals surface area contributed by atoms with E-state index in [4.69, 9.17) is 9.47 Å². The van der Waals surface area contributed by atoms with Crippen molar-refractivity contribution < 1.29 is 22.7 Å². The van der Waals surface area contributed by atoms with Gasteiger partial charge in [-0.3, -0.25) is 4.79 Å². The summed E-state index contributed by atoms with van der Waals surface area (Å²) >= 11 is 0. The third kappa shape index (κ3) is 5.31. The summed E-state index contributed by atoms with van der Waals surface area (Å²) in [7, 11) is -2.07. The zero-order chi connectivity index (χ0) is 24.1. The van der Waals surface area contributed by atoms with E-state index in [0.717, 1.165) is 55.6 Å². The molecule has 34 heavy (non-hydrogen) atoms. The number of aryl methyl sites for hydroxylation is 1. The molecule has 9 heteroatoms. The number of sulfonamides is 1. The number of hydrogen-bond donors (Lipinski definition) is 1. The first-order chi connectivity index (χ1) is 16.4. The third-order valence-electron chi connectivity index (χ3n) is 6.30. The van der Waals surface area contributed by atoms with E-state index in [1.165, 1.54) is 10.4 Å². The van der Waals surface area contributed by atoms with Crippen molar-refractivity contribution in [1.29, 1.82) is 0 Å². The second-order valence-corrected chi connectivity index (χ2v) is 10.5. The number of nitrogens with zero attached hydrogens (tertiary/aromatic N) is 2. The van der Waals surface area contributed by atoms with Crippen molar-refractivity contribution in [2.45, 2.75) is 43.9 Å². The quantitative estimate of drug-likeness (QED) is 0.611. The molecule has 0 aliphatic carbocycles. The number of fused-ring (bicyclic) bond motifs is 1. The van der Waals surface area contributed by atoms with Crippen LogP contribution in [0, 0.1) is 0 Å². The van der Waals surface area contributed by atoms with E-state index in [2.05, 4.69) is 5.32 Å². The number of ether oxygens (including phenoxy) is 2. The van der Waals surface area contributed by atoms with Gasteiger partial charge in [-0.15, -0.1) is 0 Å². The van der Waals surface area contributed by atoms with Crippen molar-refractivity contribution in [3.8, 4) is 11.5 Å². The van der Waals surface area contributed by atoms with E-state index >= 15 is 0 Å². The lowest BCUT2D eigenvalue weighted by Crippen LogP contribution is -2.37. The summed E-state index contributed by atoms with van der Waals surface area (Å²) in [4.78, 5) is 15.1. The summed E-state index contributed by atoms with van der Waals surface area (Å²) in [6, 6.07) is 10.7. The number of carbonyl (C=O) groups is 1. The van der Waals surface area contributed by atoms with Crippen molar-refractivity contribution >= 4 is 27.3 Å². The Balaban J connectivity index is 1.52. The highest BCUT2D eigenvalue weighted by molar-refractivity contribution is 7.89. The predicted molar refractivity (Wildman–Crippen MR) is 132 cm³/mol. The fourth-order valence-electron chi connectivity index (χ4n) is 4.62. The fourth-order valence-corrected chi connectivity index (χ4v) is 6.30. The molecule has 0 spiro atoms. The molecule has 2 heterocycles. The molecule has 2 aliphatic rings. The van der Waals surface area contributed by atoms with E-state index in [1.807, 2.05) is 30.0 Å². The molecule has 2 aliphatic heterocycles. The molecule has 184 valence electrons. The van der Waals surface area contributed by atoms with Crippen molar-refractivity contribution in [2.75, 3.05) is 50.1 Å². The average Bonchev–Trinajstić information content (AvgIpc) is 2.85. The molecule has 2 aromatic carbocycles. The highest BCUT2D eigenvalue weighted by Gasteiger charge is 2.29. The minimum absolute atomic E-state index is 0.101. The highest BCUT2D eigenvalue weighted by atomic mass is 32.2. The van der Waals surface area contributed by atoms with Crippen molar-refractivity contribution in [1.82, 2.24) is 4.31 Å². The number of nitrogens with one attached hydrogen (secondary N) is 1. The van der Waals surface area contributed by atoms with Gasteiger partial charge in [-0.2, -0.15) is 4.31 Å². The van der Waals surface area contributed by atoms with E-state index in [1.54, 1.807) is 19.2 Å². The Bertz CT molecular complexity index is 1130. The summed E-state index contributed by atoms with van der Waals surface area (Å²) < 4.78 is 39.1. The first-order valence-corrected chi connectivity index (χ1v) is 13.3. The van der Waals surface area contributed by atoms with Gasteiger partial charge in [0.05, 0.1) is 20.3 Å². The maximum atomic E-state index is 13.3. The SMILES string of the molecule is CCOc1ccc(NC(=O)CN2CCCc3cc(OC)ccc32)cc1S(=O)(=O)N1CCCCC1. The van der Waals surface area contributed by atoms with Gasteiger partial charge >= 0.3 is 0 Å². The van der Waals surface area contributed by atoms with Crippen LogP contribution < -0.4 is 19.7 Å². The van der Waals surface area contributed by atoms with E-state index in [-0.39, 0.29) is 17.3 Å². The van der Waals surface area contributed by atoms with E-state index in [0.29, 0.717) is 31.1 Å². The minimum atomic E-state index is -3.71. The van der Waals surface area contributed by atoms with Gasteiger partial charge in [0.15, 0.2) is 0 Å². The molecular formula is C25H33N3O5S. The Morgan fingerprint density at radius 1 is 1.03 bits per heavy atom. The summed E-state index contributed by atoms with van der Waals surface area (Å²) in [5.41, 5.74) is 2.63. The summed E-state index contributed by atoms with van der Waals surface area (Å²) in [6.45, 7) is 4.14. The number of methoxy groups -OCH3 is 1. The standard InChI is InChI=1S/C25H33N3O5S/c1-3-33-23-12-9-20(17-24(23)34(30,31)28-14-5-4-6-15-28)26-25(29)18-27-13-7-8-19-16-21(32-2)10-11-22(19)27/h9-12,16-17H,3-8,13-15,18H2,1-2H3,(H,26,29). The largest absolute Gasteiger partial charge is 0.497 e. The molecule has 0 saturated carbocycles. The molecule has 8 nitrogen and oxygen atoms in total. The predicted octanol–water partition coefficient (Wildman–Crippen LogP) is 3.66. The first kappa shape index (κ1) is 24.3. The lowest BCUT2D eigenvalue weighted by molar-refractivity contribution is -0.115. The van der Waals surface area contributed by atoms with Gasteiger partial charge in [-0.1, -0.05) is 6.42 Å². The van der Waals surface area contributed by atoms with Crippen LogP contribution in [0.4, 0.5) is 11.4 Å². The molecule has 0 aromatic heterocycles. The Hall–Kier alpha value is -2.78. The van der Waals surface area contributed by atoms with Crippen LogP contribution in [0.15, 0.2) is 41.3 Å². The maximum Gasteiger partial charge on any atom is 0.246 e. The second-order valence-electron chi connectivity index (χ2n) is 8.63. The van der Waals surface area contributed by atoms with Crippen LogP contribution in [-0.4, -0.2) is 58.5 Å². The van der Waals surface area contributed by atoms with Gasteiger partial charge < -0.3 is 19.7 Å².